The van der Waals surface area contributed by atoms with E-state index in [9.17, 15) is 5.11 Å². The Hall–Kier alpha value is -2.20. The number of methoxy groups -OCH3 is 1. The van der Waals surface area contributed by atoms with E-state index in [1.54, 1.807) is 19.2 Å². The molecule has 2 aromatic carbocycles. The van der Waals surface area contributed by atoms with Crippen LogP contribution in [0, 0.1) is 0 Å². The quantitative estimate of drug-likeness (QED) is 0.822. The predicted molar refractivity (Wildman–Crippen MR) is 79.1 cm³/mol. The molecule has 0 fully saturated rings. The molecule has 2 rings (SSSR count). The summed E-state index contributed by atoms with van der Waals surface area (Å²) in [7, 11) is 1.55. The lowest BCUT2D eigenvalue weighted by atomic mass is 9.99. The molecule has 0 radical (unpaired) electrons. The summed E-state index contributed by atoms with van der Waals surface area (Å²) in [5.74, 6) is 1.34. The van der Waals surface area contributed by atoms with Gasteiger partial charge in [0.15, 0.2) is 0 Å². The smallest absolute Gasteiger partial charge is 0.142 e. The topological polar surface area (TPSA) is 64.7 Å². The largest absolute Gasteiger partial charge is 0.495 e. The van der Waals surface area contributed by atoms with E-state index in [1.807, 2.05) is 37.3 Å². The van der Waals surface area contributed by atoms with Gasteiger partial charge in [-0.2, -0.15) is 0 Å². The maximum Gasteiger partial charge on any atom is 0.142 e. The fourth-order valence-corrected chi connectivity index (χ4v) is 2.07. The van der Waals surface area contributed by atoms with Gasteiger partial charge in [0, 0.05) is 5.56 Å². The zero-order valence-corrected chi connectivity index (χ0v) is 11.7. The summed E-state index contributed by atoms with van der Waals surface area (Å²) in [6.07, 6.45) is -0.791. The van der Waals surface area contributed by atoms with E-state index >= 15 is 0 Å². The first-order valence-corrected chi connectivity index (χ1v) is 6.50. The summed E-state index contributed by atoms with van der Waals surface area (Å²) < 4.78 is 10.5. The molecule has 0 amide bonds. The number of nitrogens with two attached hydrogens (primary N) is 1. The van der Waals surface area contributed by atoms with Gasteiger partial charge >= 0.3 is 0 Å². The molecule has 0 aliphatic heterocycles. The zero-order chi connectivity index (χ0) is 14.5. The summed E-state index contributed by atoms with van der Waals surface area (Å²) in [6.45, 7) is 2.55. The van der Waals surface area contributed by atoms with Crippen LogP contribution in [0.25, 0.3) is 0 Å². The number of anilines is 1. The van der Waals surface area contributed by atoms with Crippen molar-refractivity contribution in [1.29, 1.82) is 0 Å². The fourth-order valence-electron chi connectivity index (χ4n) is 2.07. The van der Waals surface area contributed by atoms with Gasteiger partial charge in [0.25, 0.3) is 0 Å². The molecule has 106 valence electrons. The number of rotatable bonds is 5. The molecule has 4 heteroatoms. The molecule has 0 aliphatic carbocycles. The Morgan fingerprint density at radius 2 is 1.85 bits per heavy atom. The number of ether oxygens (including phenoxy) is 2. The number of benzene rings is 2. The van der Waals surface area contributed by atoms with Crippen molar-refractivity contribution in [2.45, 2.75) is 13.0 Å². The number of aliphatic hydroxyl groups excluding tert-OH is 1. The van der Waals surface area contributed by atoms with E-state index in [0.29, 0.717) is 23.6 Å². The van der Waals surface area contributed by atoms with Gasteiger partial charge < -0.3 is 20.3 Å². The molecule has 0 spiro atoms. The second-order valence-electron chi connectivity index (χ2n) is 4.37. The molecular weight excluding hydrogens is 254 g/mol. The van der Waals surface area contributed by atoms with E-state index in [0.717, 1.165) is 11.3 Å². The van der Waals surface area contributed by atoms with Crippen molar-refractivity contribution in [2.75, 3.05) is 19.5 Å². The van der Waals surface area contributed by atoms with E-state index < -0.39 is 6.10 Å². The van der Waals surface area contributed by atoms with Gasteiger partial charge in [0.05, 0.1) is 19.4 Å². The van der Waals surface area contributed by atoms with Crippen LogP contribution in [0.4, 0.5) is 5.69 Å². The van der Waals surface area contributed by atoms with Crippen molar-refractivity contribution < 1.29 is 14.6 Å². The van der Waals surface area contributed by atoms with Crippen molar-refractivity contribution in [3.8, 4) is 11.5 Å². The minimum atomic E-state index is -0.791. The van der Waals surface area contributed by atoms with E-state index in [4.69, 9.17) is 15.2 Å². The van der Waals surface area contributed by atoms with Crippen LogP contribution in [0.15, 0.2) is 42.5 Å². The highest BCUT2D eigenvalue weighted by molar-refractivity contribution is 5.60. The molecule has 1 atom stereocenters. The highest BCUT2D eigenvalue weighted by Gasteiger charge is 2.15. The molecule has 3 N–H and O–H groups in total. The molecular formula is C16H19NO3. The Bertz CT molecular complexity index is 566. The van der Waals surface area contributed by atoms with Gasteiger partial charge in [-0.15, -0.1) is 0 Å². The van der Waals surface area contributed by atoms with Gasteiger partial charge in [-0.05, 0) is 30.7 Å². The van der Waals surface area contributed by atoms with Crippen molar-refractivity contribution in [2.24, 2.45) is 0 Å². The van der Waals surface area contributed by atoms with Gasteiger partial charge in [-0.25, -0.2) is 0 Å². The molecule has 20 heavy (non-hydrogen) atoms. The van der Waals surface area contributed by atoms with E-state index in [-0.39, 0.29) is 0 Å². The third-order valence-electron chi connectivity index (χ3n) is 3.12. The Balaban J connectivity index is 2.29. The van der Waals surface area contributed by atoms with Crippen molar-refractivity contribution in [3.63, 3.8) is 0 Å². The maximum absolute atomic E-state index is 10.4. The molecule has 4 nitrogen and oxygen atoms in total. The van der Waals surface area contributed by atoms with Gasteiger partial charge in [0.2, 0.25) is 0 Å². The van der Waals surface area contributed by atoms with Crippen LogP contribution < -0.4 is 15.2 Å². The number of aliphatic hydroxyl groups is 1. The maximum atomic E-state index is 10.4. The summed E-state index contributed by atoms with van der Waals surface area (Å²) in [4.78, 5) is 0. The van der Waals surface area contributed by atoms with Crippen LogP contribution in [-0.4, -0.2) is 18.8 Å². The monoisotopic (exact) mass is 273 g/mol. The first kappa shape index (κ1) is 14.2. The van der Waals surface area contributed by atoms with Crippen LogP contribution in [0.3, 0.4) is 0 Å². The van der Waals surface area contributed by atoms with Gasteiger partial charge in [-0.3, -0.25) is 0 Å². The van der Waals surface area contributed by atoms with E-state index in [1.165, 1.54) is 0 Å². The van der Waals surface area contributed by atoms with Crippen LogP contribution in [0.2, 0.25) is 0 Å². The predicted octanol–water partition coefficient (Wildman–Crippen LogP) is 2.76. The first-order chi connectivity index (χ1) is 9.67. The zero-order valence-electron chi connectivity index (χ0n) is 11.7. The summed E-state index contributed by atoms with van der Waals surface area (Å²) in [5, 5.41) is 10.4. The average Bonchev–Trinajstić information content (AvgIpc) is 2.48. The minimum Gasteiger partial charge on any atom is -0.495 e. The van der Waals surface area contributed by atoms with Crippen molar-refractivity contribution in [1.82, 2.24) is 0 Å². The third kappa shape index (κ3) is 2.86. The Labute approximate surface area is 118 Å². The highest BCUT2D eigenvalue weighted by Crippen LogP contribution is 2.33. The second-order valence-corrected chi connectivity index (χ2v) is 4.37. The number of para-hydroxylation sites is 1. The third-order valence-corrected chi connectivity index (χ3v) is 3.12. The summed E-state index contributed by atoms with van der Waals surface area (Å²) >= 11 is 0. The fraction of sp³-hybridized carbons (Fsp3) is 0.250. The van der Waals surface area contributed by atoms with Crippen LogP contribution in [-0.2, 0) is 0 Å². The number of hydrogen-bond acceptors (Lipinski definition) is 4. The standard InChI is InChI=1S/C16H19NO3/c1-3-20-12-9-7-11(8-10-12)16(18)13-5-4-6-14(19-2)15(13)17/h4-10,16,18H,3,17H2,1-2H3. The first-order valence-electron chi connectivity index (χ1n) is 6.50. The van der Waals surface area contributed by atoms with Gasteiger partial charge in [0.1, 0.15) is 17.6 Å². The molecule has 0 bridgehead atoms. The minimum absolute atomic E-state index is 0.455. The molecule has 0 aromatic heterocycles. The lowest BCUT2D eigenvalue weighted by molar-refractivity contribution is 0.220. The Kier molecular flexibility index (Phi) is 4.48. The molecule has 0 aliphatic rings. The summed E-state index contributed by atoms with van der Waals surface area (Å²) in [6, 6.07) is 12.7. The van der Waals surface area contributed by atoms with Crippen molar-refractivity contribution in [3.05, 3.63) is 53.6 Å². The SMILES string of the molecule is CCOc1ccc(C(O)c2cccc(OC)c2N)cc1. The van der Waals surface area contributed by atoms with Crippen LogP contribution in [0.1, 0.15) is 24.2 Å². The van der Waals surface area contributed by atoms with E-state index in [2.05, 4.69) is 0 Å². The highest BCUT2D eigenvalue weighted by atomic mass is 16.5. The molecule has 2 aromatic rings. The van der Waals surface area contributed by atoms with Crippen LogP contribution >= 0.6 is 0 Å². The summed E-state index contributed by atoms with van der Waals surface area (Å²) in [5.41, 5.74) is 7.85. The normalized spacial score (nSPS) is 11.9. The number of hydrogen-bond donors (Lipinski definition) is 2. The number of nitrogen functional groups attached to an aromatic ring is 1. The molecule has 0 heterocycles. The lowest BCUT2D eigenvalue weighted by Crippen LogP contribution is -2.05. The Morgan fingerprint density at radius 1 is 1.15 bits per heavy atom. The van der Waals surface area contributed by atoms with Crippen LogP contribution in [0.5, 0.6) is 11.5 Å². The van der Waals surface area contributed by atoms with Gasteiger partial charge in [-0.1, -0.05) is 24.3 Å². The van der Waals surface area contributed by atoms with Crippen molar-refractivity contribution >= 4 is 5.69 Å². The Morgan fingerprint density at radius 3 is 2.45 bits per heavy atom. The molecule has 0 saturated carbocycles. The molecule has 0 saturated heterocycles. The second kappa shape index (κ2) is 6.30. The lowest BCUT2D eigenvalue weighted by Gasteiger charge is -2.16. The average molecular weight is 273 g/mol. The molecule has 1 unspecified atom stereocenters.